The average Bonchev–Trinajstić information content (AvgIpc) is 2.47. The molecule has 3 rings (SSSR count). The highest BCUT2D eigenvalue weighted by molar-refractivity contribution is 7.91. The van der Waals surface area contributed by atoms with E-state index in [1.54, 1.807) is 24.3 Å². The molecule has 0 amide bonds. The summed E-state index contributed by atoms with van der Waals surface area (Å²) in [6.07, 6.45) is 0.315. The highest BCUT2D eigenvalue weighted by Crippen LogP contribution is 2.34. The van der Waals surface area contributed by atoms with Crippen molar-refractivity contribution >= 4 is 15.5 Å². The summed E-state index contributed by atoms with van der Waals surface area (Å²) in [5.74, 6) is -1.90. The van der Waals surface area contributed by atoms with Gasteiger partial charge in [0.1, 0.15) is 0 Å². The summed E-state index contributed by atoms with van der Waals surface area (Å²) < 4.78 is 51.0. The Kier molecular flexibility index (Phi) is 3.41. The lowest BCUT2D eigenvalue weighted by Gasteiger charge is -2.27. The van der Waals surface area contributed by atoms with Crippen LogP contribution in [0.3, 0.4) is 0 Å². The van der Waals surface area contributed by atoms with Gasteiger partial charge in [-0.1, -0.05) is 24.3 Å². The molecule has 3 nitrogen and oxygen atoms in total. The molecule has 1 atom stereocenters. The molecule has 0 saturated heterocycles. The first kappa shape index (κ1) is 14.0. The van der Waals surface area contributed by atoms with Gasteiger partial charge < -0.3 is 5.32 Å². The van der Waals surface area contributed by atoms with E-state index in [0.717, 1.165) is 6.07 Å². The molecule has 0 aromatic heterocycles. The van der Waals surface area contributed by atoms with Crippen LogP contribution in [-0.4, -0.2) is 14.2 Å². The van der Waals surface area contributed by atoms with E-state index < -0.39 is 21.5 Å². The summed E-state index contributed by atoms with van der Waals surface area (Å²) in [6.45, 7) is 0. The van der Waals surface area contributed by atoms with Gasteiger partial charge in [-0.3, -0.25) is 0 Å². The van der Waals surface area contributed by atoms with E-state index in [2.05, 4.69) is 5.32 Å². The Labute approximate surface area is 121 Å². The van der Waals surface area contributed by atoms with Crippen LogP contribution in [0.25, 0.3) is 0 Å². The number of halogens is 2. The molecular formula is C15H13F2NO2S. The Balaban J connectivity index is 2.00. The lowest BCUT2D eigenvalue weighted by atomic mass is 10.0. The molecule has 1 aliphatic heterocycles. The first-order valence-electron chi connectivity index (χ1n) is 6.51. The SMILES string of the molecule is O=S1(=O)CCC(Nc2cccc(F)c2F)c2ccccc21. The minimum Gasteiger partial charge on any atom is -0.376 e. The molecule has 6 heteroatoms. The molecular weight excluding hydrogens is 296 g/mol. The summed E-state index contributed by atoms with van der Waals surface area (Å²) in [4.78, 5) is 0.255. The molecule has 21 heavy (non-hydrogen) atoms. The van der Waals surface area contributed by atoms with Gasteiger partial charge in [-0.05, 0) is 30.2 Å². The average molecular weight is 309 g/mol. The van der Waals surface area contributed by atoms with Gasteiger partial charge in [0.15, 0.2) is 21.5 Å². The zero-order valence-electron chi connectivity index (χ0n) is 11.0. The number of nitrogens with one attached hydrogen (secondary N) is 1. The number of benzene rings is 2. The predicted molar refractivity (Wildman–Crippen MR) is 75.8 cm³/mol. The Hall–Kier alpha value is -1.95. The Morgan fingerprint density at radius 3 is 2.62 bits per heavy atom. The van der Waals surface area contributed by atoms with Gasteiger partial charge in [0, 0.05) is 0 Å². The number of rotatable bonds is 2. The van der Waals surface area contributed by atoms with Crippen molar-refractivity contribution in [2.24, 2.45) is 0 Å². The lowest BCUT2D eigenvalue weighted by molar-refractivity contribution is 0.508. The molecule has 2 aromatic rings. The van der Waals surface area contributed by atoms with Gasteiger partial charge in [0.2, 0.25) is 0 Å². The summed E-state index contributed by atoms with van der Waals surface area (Å²) in [7, 11) is -3.29. The van der Waals surface area contributed by atoms with E-state index in [9.17, 15) is 17.2 Å². The van der Waals surface area contributed by atoms with E-state index in [0.29, 0.717) is 12.0 Å². The fourth-order valence-electron chi connectivity index (χ4n) is 2.54. The second-order valence-corrected chi connectivity index (χ2v) is 7.02. The number of sulfone groups is 1. The number of fused-ring (bicyclic) bond motifs is 1. The first-order chi connectivity index (χ1) is 9.99. The van der Waals surface area contributed by atoms with Gasteiger partial charge in [-0.2, -0.15) is 0 Å². The lowest BCUT2D eigenvalue weighted by Crippen LogP contribution is -2.25. The molecule has 0 bridgehead atoms. The molecule has 0 radical (unpaired) electrons. The van der Waals surface area contributed by atoms with E-state index in [1.807, 2.05) is 0 Å². The van der Waals surface area contributed by atoms with Crippen LogP contribution in [0, 0.1) is 11.6 Å². The summed E-state index contributed by atoms with van der Waals surface area (Å²) in [6, 6.07) is 10.1. The largest absolute Gasteiger partial charge is 0.376 e. The van der Waals surface area contributed by atoms with Crippen molar-refractivity contribution < 1.29 is 17.2 Å². The number of hydrogen-bond acceptors (Lipinski definition) is 3. The topological polar surface area (TPSA) is 46.2 Å². The van der Waals surface area contributed by atoms with Crippen molar-refractivity contribution in [1.82, 2.24) is 0 Å². The third kappa shape index (κ3) is 2.51. The molecule has 1 heterocycles. The standard InChI is InChI=1S/C15H13F2NO2S/c16-11-5-3-6-13(15(11)17)18-12-8-9-21(19,20)14-7-2-1-4-10(12)14/h1-7,12,18H,8-9H2. The fourth-order valence-corrected chi connectivity index (χ4v) is 4.16. The first-order valence-corrected chi connectivity index (χ1v) is 8.16. The van der Waals surface area contributed by atoms with Crippen LogP contribution in [-0.2, 0) is 9.84 Å². The van der Waals surface area contributed by atoms with Crippen LogP contribution in [0.2, 0.25) is 0 Å². The highest BCUT2D eigenvalue weighted by atomic mass is 32.2. The summed E-state index contributed by atoms with van der Waals surface area (Å²) in [5.41, 5.74) is 0.626. The smallest absolute Gasteiger partial charge is 0.181 e. The minimum atomic E-state index is -3.29. The van der Waals surface area contributed by atoms with Crippen molar-refractivity contribution in [2.75, 3.05) is 11.1 Å². The minimum absolute atomic E-state index is 0.0153. The normalized spacial score (nSPS) is 19.8. The third-order valence-corrected chi connectivity index (χ3v) is 5.40. The maximum absolute atomic E-state index is 13.7. The van der Waals surface area contributed by atoms with Crippen LogP contribution in [0.1, 0.15) is 18.0 Å². The maximum atomic E-state index is 13.7. The zero-order valence-corrected chi connectivity index (χ0v) is 11.8. The van der Waals surface area contributed by atoms with Crippen LogP contribution in [0.5, 0.6) is 0 Å². The Morgan fingerprint density at radius 1 is 1.05 bits per heavy atom. The molecule has 1 unspecified atom stereocenters. The van der Waals surface area contributed by atoms with Crippen LogP contribution >= 0.6 is 0 Å². The molecule has 1 N–H and O–H groups in total. The van der Waals surface area contributed by atoms with Crippen molar-refractivity contribution in [3.8, 4) is 0 Å². The van der Waals surface area contributed by atoms with Gasteiger partial charge in [0.05, 0.1) is 22.4 Å². The number of hydrogen-bond donors (Lipinski definition) is 1. The fraction of sp³-hybridized carbons (Fsp3) is 0.200. The Morgan fingerprint density at radius 2 is 1.81 bits per heavy atom. The molecule has 0 fully saturated rings. The monoisotopic (exact) mass is 309 g/mol. The second-order valence-electron chi connectivity index (χ2n) is 4.94. The van der Waals surface area contributed by atoms with E-state index in [-0.39, 0.29) is 22.4 Å². The summed E-state index contributed by atoms with van der Waals surface area (Å²) >= 11 is 0. The van der Waals surface area contributed by atoms with Crippen molar-refractivity contribution in [2.45, 2.75) is 17.4 Å². The zero-order chi connectivity index (χ0) is 15.0. The summed E-state index contributed by atoms with van der Waals surface area (Å²) in [5, 5.41) is 2.90. The quantitative estimate of drug-likeness (QED) is 0.926. The number of anilines is 1. The molecule has 2 aromatic carbocycles. The molecule has 110 valence electrons. The predicted octanol–water partition coefficient (Wildman–Crippen LogP) is 3.30. The van der Waals surface area contributed by atoms with Crippen molar-refractivity contribution in [1.29, 1.82) is 0 Å². The molecule has 0 aliphatic carbocycles. The molecule has 0 saturated carbocycles. The van der Waals surface area contributed by atoms with Crippen molar-refractivity contribution in [3.05, 3.63) is 59.7 Å². The second kappa shape index (κ2) is 5.11. The van der Waals surface area contributed by atoms with Gasteiger partial charge >= 0.3 is 0 Å². The van der Waals surface area contributed by atoms with Crippen LogP contribution in [0.15, 0.2) is 47.4 Å². The van der Waals surface area contributed by atoms with E-state index >= 15 is 0 Å². The Bertz CT molecular complexity index is 790. The molecule has 0 spiro atoms. The van der Waals surface area contributed by atoms with E-state index in [1.165, 1.54) is 12.1 Å². The van der Waals surface area contributed by atoms with Gasteiger partial charge in [0.25, 0.3) is 0 Å². The third-order valence-electron chi connectivity index (χ3n) is 3.59. The maximum Gasteiger partial charge on any atom is 0.181 e. The van der Waals surface area contributed by atoms with Gasteiger partial charge in [-0.25, -0.2) is 17.2 Å². The van der Waals surface area contributed by atoms with Crippen LogP contribution in [0.4, 0.5) is 14.5 Å². The highest BCUT2D eigenvalue weighted by Gasteiger charge is 2.30. The molecule has 1 aliphatic rings. The van der Waals surface area contributed by atoms with Crippen molar-refractivity contribution in [3.63, 3.8) is 0 Å². The van der Waals surface area contributed by atoms with Gasteiger partial charge in [-0.15, -0.1) is 0 Å². The van der Waals surface area contributed by atoms with Crippen LogP contribution < -0.4 is 5.32 Å². The van der Waals surface area contributed by atoms with E-state index in [4.69, 9.17) is 0 Å².